The lowest BCUT2D eigenvalue weighted by Crippen LogP contribution is -2.67. The zero-order valence-electron chi connectivity index (χ0n) is 32.8. The minimum atomic E-state index is -1.46. The number of carbonyl (C=O) groups is 2. The molecule has 8 aliphatic rings. The lowest BCUT2D eigenvalue weighted by molar-refractivity contribution is -0.158. The number of nitrogens with zero attached hydrogens (tertiary/aromatic N) is 3. The van der Waals surface area contributed by atoms with E-state index in [1.807, 2.05) is 38.1 Å². The summed E-state index contributed by atoms with van der Waals surface area (Å²) in [7, 11) is 1.56. The van der Waals surface area contributed by atoms with Crippen molar-refractivity contribution in [3.8, 4) is 34.8 Å². The Hall–Kier alpha value is -4.98. The second-order valence-electron chi connectivity index (χ2n) is 17.0. The highest BCUT2D eigenvalue weighted by Crippen LogP contribution is 2.71. The number of rotatable bonds is 3. The topological polar surface area (TPSA) is 182 Å². The van der Waals surface area contributed by atoms with Crippen LogP contribution in [0.2, 0.25) is 0 Å². The fraction of sp³-hybridized carbons (Fsp3) is 0.465. The monoisotopic (exact) mass is 805 g/mol. The maximum absolute atomic E-state index is 15.1. The Bertz CT molecular complexity index is 2570. The van der Waals surface area contributed by atoms with E-state index in [4.69, 9.17) is 33.8 Å². The van der Waals surface area contributed by atoms with Crippen molar-refractivity contribution in [3.63, 3.8) is 0 Å². The predicted molar refractivity (Wildman–Crippen MR) is 210 cm³/mol. The zero-order chi connectivity index (χ0) is 40.2. The van der Waals surface area contributed by atoms with Crippen molar-refractivity contribution in [2.45, 2.75) is 86.6 Å². The Labute approximate surface area is 338 Å². The molecule has 58 heavy (non-hydrogen) atoms. The number of fused-ring (bicyclic) bond motifs is 11. The van der Waals surface area contributed by atoms with Gasteiger partial charge in [-0.3, -0.25) is 19.9 Å². The molecule has 3 saturated heterocycles. The van der Waals surface area contributed by atoms with Gasteiger partial charge < -0.3 is 38.9 Å². The second kappa shape index (κ2) is 12.0. The van der Waals surface area contributed by atoms with E-state index in [9.17, 15) is 15.2 Å². The molecule has 3 fully saturated rings. The summed E-state index contributed by atoms with van der Waals surface area (Å²) in [6.45, 7) is 7.71. The summed E-state index contributed by atoms with van der Waals surface area (Å²) >= 11 is 1.51. The first-order chi connectivity index (χ1) is 27.9. The third-order valence-corrected chi connectivity index (χ3v) is 15.5. The highest BCUT2D eigenvalue weighted by molar-refractivity contribution is 7.99. The number of phenols is 1. The number of methoxy groups -OCH3 is 1. The number of para-hydroxylation sites is 1. The summed E-state index contributed by atoms with van der Waals surface area (Å²) in [6.07, 6.45) is 0.984. The van der Waals surface area contributed by atoms with Crippen LogP contribution in [0.25, 0.3) is 11.0 Å². The molecule has 12 rings (SSSR count). The molecule has 0 amide bonds. The molecule has 9 heterocycles. The van der Waals surface area contributed by atoms with Gasteiger partial charge in [0.05, 0.1) is 30.5 Å². The molecule has 3 aromatic carbocycles. The van der Waals surface area contributed by atoms with E-state index in [2.05, 4.69) is 34.2 Å². The van der Waals surface area contributed by atoms with Gasteiger partial charge in [-0.15, -0.1) is 11.8 Å². The van der Waals surface area contributed by atoms with Gasteiger partial charge in [0, 0.05) is 83.0 Å². The Balaban J connectivity index is 1.20. The normalized spacial score (nSPS) is 32.6. The summed E-state index contributed by atoms with van der Waals surface area (Å²) in [5.74, 6) is 1.33. The molecule has 1 spiro atoms. The van der Waals surface area contributed by atoms with Crippen LogP contribution in [0.4, 0.5) is 0 Å². The number of furan rings is 1. The first kappa shape index (κ1) is 36.1. The van der Waals surface area contributed by atoms with Crippen molar-refractivity contribution in [2.75, 3.05) is 39.4 Å². The fourth-order valence-corrected chi connectivity index (χ4v) is 13.5. The third-order valence-electron chi connectivity index (χ3n) is 14.0. The van der Waals surface area contributed by atoms with Crippen LogP contribution in [0.3, 0.4) is 0 Å². The van der Waals surface area contributed by atoms with Gasteiger partial charge in [-0.2, -0.15) is 5.26 Å². The number of nitrogens with one attached hydrogen (secondary N) is 1. The smallest absolute Gasteiger partial charge is 0.335 e. The number of esters is 2. The van der Waals surface area contributed by atoms with Crippen LogP contribution in [0, 0.1) is 25.2 Å². The van der Waals surface area contributed by atoms with E-state index in [0.29, 0.717) is 70.4 Å². The molecule has 8 atom stereocenters. The summed E-state index contributed by atoms with van der Waals surface area (Å²) < 4.78 is 37.6. The number of piperazine rings is 1. The van der Waals surface area contributed by atoms with Gasteiger partial charge in [-0.1, -0.05) is 18.2 Å². The number of phenolic OH excluding ortho intramolecular Hbond substituents is 1. The lowest BCUT2D eigenvalue weighted by Gasteiger charge is -2.58. The van der Waals surface area contributed by atoms with Crippen molar-refractivity contribution >= 4 is 34.7 Å². The molecule has 2 unspecified atom stereocenters. The van der Waals surface area contributed by atoms with Crippen molar-refractivity contribution in [2.24, 2.45) is 5.73 Å². The lowest BCUT2D eigenvalue weighted by atomic mass is 9.72. The van der Waals surface area contributed by atoms with Crippen molar-refractivity contribution in [1.29, 1.82) is 5.26 Å². The average molecular weight is 806 g/mol. The minimum absolute atomic E-state index is 0.0551. The number of thioether (sulfide) groups is 1. The summed E-state index contributed by atoms with van der Waals surface area (Å²) in [5.41, 5.74) is 9.29. The molecular weight excluding hydrogens is 763 g/mol. The van der Waals surface area contributed by atoms with E-state index in [1.165, 1.54) is 18.7 Å². The molecule has 4 aromatic rings. The summed E-state index contributed by atoms with van der Waals surface area (Å²) in [5, 5.41) is 27.7. The molecule has 0 aliphatic carbocycles. The SMILES string of the molecule is COc1c(C)cc2c(c1O)[C@@H]1[C@@H]3[C@@H]4SC[C@]5(N[C@H](CN)Cc6c5oc5ccccc65)C(=O)OC[C@@H](c5c6c(c(C)c(OC(C)=O)c54)OCO6)N3C3(C#N)CN1C2(C)C3. The van der Waals surface area contributed by atoms with Gasteiger partial charge in [-0.25, -0.2) is 4.79 Å². The van der Waals surface area contributed by atoms with Gasteiger partial charge in [0.1, 0.15) is 29.2 Å². The van der Waals surface area contributed by atoms with E-state index < -0.39 is 51.9 Å². The number of benzene rings is 3. The van der Waals surface area contributed by atoms with Crippen LogP contribution < -0.4 is 30.0 Å². The second-order valence-corrected chi connectivity index (χ2v) is 18.1. The molecule has 14 nitrogen and oxygen atoms in total. The Morgan fingerprint density at radius 3 is 2.71 bits per heavy atom. The van der Waals surface area contributed by atoms with Gasteiger partial charge >= 0.3 is 11.9 Å². The number of aromatic hydroxyl groups is 1. The number of nitriles is 1. The Morgan fingerprint density at radius 1 is 1.16 bits per heavy atom. The molecule has 4 N–H and O–H groups in total. The quantitative estimate of drug-likeness (QED) is 0.190. The van der Waals surface area contributed by atoms with Crippen LogP contribution in [-0.4, -0.2) is 83.8 Å². The highest BCUT2D eigenvalue weighted by atomic mass is 32.2. The van der Waals surface area contributed by atoms with Gasteiger partial charge in [0.25, 0.3) is 0 Å². The predicted octanol–water partition coefficient (Wildman–Crippen LogP) is 4.79. The highest BCUT2D eigenvalue weighted by Gasteiger charge is 2.72. The van der Waals surface area contributed by atoms with E-state index in [0.717, 1.165) is 27.6 Å². The molecule has 8 aliphatic heterocycles. The van der Waals surface area contributed by atoms with E-state index >= 15 is 4.79 Å². The van der Waals surface area contributed by atoms with Crippen LogP contribution in [0.15, 0.2) is 34.7 Å². The van der Waals surface area contributed by atoms with Crippen LogP contribution in [0.1, 0.15) is 82.3 Å². The number of ether oxygens (including phenoxy) is 5. The molecule has 300 valence electrons. The van der Waals surface area contributed by atoms with Gasteiger partial charge in [0.2, 0.25) is 6.79 Å². The van der Waals surface area contributed by atoms with Crippen molar-refractivity contribution < 1.29 is 42.8 Å². The zero-order valence-corrected chi connectivity index (χ0v) is 33.6. The molecular formula is C43H43N5O9S. The number of nitrogens with two attached hydrogens (primary N) is 1. The molecule has 0 saturated carbocycles. The fourth-order valence-electron chi connectivity index (χ4n) is 11.9. The maximum Gasteiger partial charge on any atom is 0.335 e. The van der Waals surface area contributed by atoms with Crippen LogP contribution in [0.5, 0.6) is 28.7 Å². The van der Waals surface area contributed by atoms with E-state index in [1.54, 1.807) is 7.11 Å². The molecule has 0 radical (unpaired) electrons. The van der Waals surface area contributed by atoms with Crippen molar-refractivity contribution in [1.82, 2.24) is 15.1 Å². The molecule has 1 aromatic heterocycles. The number of aryl methyl sites for hydroxylation is 1. The van der Waals surface area contributed by atoms with Crippen molar-refractivity contribution in [3.05, 3.63) is 75.0 Å². The summed E-state index contributed by atoms with van der Waals surface area (Å²) in [6, 6.07) is 10.6. The average Bonchev–Trinajstić information content (AvgIpc) is 3.96. The minimum Gasteiger partial charge on any atom is -0.504 e. The Kier molecular flexibility index (Phi) is 7.50. The van der Waals surface area contributed by atoms with Gasteiger partial charge in [0.15, 0.2) is 28.5 Å². The van der Waals surface area contributed by atoms with Crippen LogP contribution >= 0.6 is 11.8 Å². The van der Waals surface area contributed by atoms with E-state index in [-0.39, 0.29) is 37.5 Å². The van der Waals surface area contributed by atoms with Gasteiger partial charge in [-0.05, 0) is 50.5 Å². The number of hydrogen-bond donors (Lipinski definition) is 3. The number of hydrogen-bond acceptors (Lipinski definition) is 15. The third kappa shape index (κ3) is 4.31. The molecule has 15 heteroatoms. The largest absolute Gasteiger partial charge is 0.504 e. The Morgan fingerprint density at radius 2 is 1.95 bits per heavy atom. The first-order valence-corrected chi connectivity index (χ1v) is 20.8. The first-order valence-electron chi connectivity index (χ1n) is 19.7. The number of carbonyl (C=O) groups excluding carboxylic acids is 2. The summed E-state index contributed by atoms with van der Waals surface area (Å²) in [4.78, 5) is 32.8. The standard InChI is InChI=1S/C43H43N5O9S/c1-19-10-25-28(33(50)34(19)52-5)31-32-38-30-29(37-36(54-18-55-37)20(2)35(30)56-21(3)49)26(48(32)42(15-45)14-41(25,4)47(31)16-42)13-53-40(51)43(17-58-38)39-24(11-22(12-44)46-43)23-8-6-7-9-27(23)57-39/h6-10,22,26,31-32,38,46,50H,11-14,16-18,44H2,1-5H3/t22-,26-,31+,32+,38+,41?,42?,43+/m0/s1. The maximum atomic E-state index is 15.1. The molecule has 4 bridgehead atoms. The van der Waals surface area contributed by atoms with Crippen LogP contribution in [-0.2, 0) is 31.8 Å².